The van der Waals surface area contributed by atoms with Crippen LogP contribution in [0.15, 0.2) is 54.6 Å². The maximum absolute atomic E-state index is 4.93. The second-order valence-electron chi connectivity index (χ2n) is 9.79. The van der Waals surface area contributed by atoms with E-state index < -0.39 is 0 Å². The normalized spacial score (nSPS) is 14.8. The lowest BCUT2D eigenvalue weighted by atomic mass is 10.1. The van der Waals surface area contributed by atoms with Crippen LogP contribution in [-0.2, 0) is 0 Å². The van der Waals surface area contributed by atoms with E-state index in [1.807, 2.05) is 0 Å². The lowest BCUT2D eigenvalue weighted by Crippen LogP contribution is -2.44. The highest BCUT2D eigenvalue weighted by Crippen LogP contribution is 2.30. The first-order valence-corrected chi connectivity index (χ1v) is 12.2. The van der Waals surface area contributed by atoms with E-state index in [0.29, 0.717) is 0 Å². The first-order chi connectivity index (χ1) is 16.9. The molecule has 0 atom stereocenters. The first-order valence-electron chi connectivity index (χ1n) is 12.2. The highest BCUT2D eigenvalue weighted by molar-refractivity contribution is 5.87. The van der Waals surface area contributed by atoms with Gasteiger partial charge in [0.05, 0.1) is 22.1 Å². The molecule has 7 heteroatoms. The van der Waals surface area contributed by atoms with Crippen molar-refractivity contribution in [3.05, 3.63) is 60.2 Å². The summed E-state index contributed by atoms with van der Waals surface area (Å²) in [6, 6.07) is 19.3. The maximum Gasteiger partial charge on any atom is 0.138 e. The molecule has 35 heavy (non-hydrogen) atoms. The molecule has 7 nitrogen and oxygen atoms in total. The molecule has 0 spiro atoms. The Morgan fingerprint density at radius 1 is 0.771 bits per heavy atom. The van der Waals surface area contributed by atoms with Gasteiger partial charge in [-0.05, 0) is 74.1 Å². The molecular formula is C28H31N7. The average molecular weight is 466 g/mol. The number of hydrogen-bond donors (Lipinski definition) is 2. The summed E-state index contributed by atoms with van der Waals surface area (Å²) in [7, 11) is 6.30. The molecule has 0 radical (unpaired) electrons. The molecule has 178 valence electrons. The lowest BCUT2D eigenvalue weighted by Gasteiger charge is -2.34. The molecule has 0 saturated carbocycles. The van der Waals surface area contributed by atoms with Gasteiger partial charge < -0.3 is 24.7 Å². The number of nitrogens with one attached hydrogen (secondary N) is 2. The number of nitrogens with zero attached hydrogens (tertiary/aromatic N) is 5. The van der Waals surface area contributed by atoms with Crippen molar-refractivity contribution in [2.45, 2.75) is 6.92 Å². The summed E-state index contributed by atoms with van der Waals surface area (Å²) in [6.45, 7) is 6.42. The topological polar surface area (TPSA) is 67.1 Å². The Hall–Kier alpha value is -3.84. The molecule has 0 unspecified atom stereocenters. The van der Waals surface area contributed by atoms with Crippen LogP contribution < -0.4 is 9.80 Å². The summed E-state index contributed by atoms with van der Waals surface area (Å²) >= 11 is 0. The highest BCUT2D eigenvalue weighted by atomic mass is 15.2. The Balaban J connectivity index is 1.31. The standard InChI is InChI=1S/C28H31N7/c1-18-15-20(33(2)3)6-8-22(18)28-30-23-9-5-19(16-25(23)32-28)27-29-24-10-7-21(17-26(24)31-27)35-13-11-34(4)12-14-35/h5-10,15-17H,11-14H2,1-4H3,(H,29,31)(H,30,32). The summed E-state index contributed by atoms with van der Waals surface area (Å²) in [6.07, 6.45) is 0. The van der Waals surface area contributed by atoms with E-state index in [-0.39, 0.29) is 0 Å². The lowest BCUT2D eigenvalue weighted by molar-refractivity contribution is 0.313. The van der Waals surface area contributed by atoms with E-state index >= 15 is 0 Å². The van der Waals surface area contributed by atoms with Gasteiger partial charge in [-0.2, -0.15) is 0 Å². The van der Waals surface area contributed by atoms with Crippen LogP contribution in [0.2, 0.25) is 0 Å². The average Bonchev–Trinajstić information content (AvgIpc) is 3.47. The molecule has 0 amide bonds. The molecule has 1 fully saturated rings. The van der Waals surface area contributed by atoms with Gasteiger partial charge >= 0.3 is 0 Å². The van der Waals surface area contributed by atoms with Crippen molar-refractivity contribution in [3.8, 4) is 22.8 Å². The van der Waals surface area contributed by atoms with Crippen LogP contribution in [0.3, 0.4) is 0 Å². The SMILES string of the molecule is Cc1cc(N(C)C)ccc1-c1nc2cc(-c3nc4cc(N5CCN(C)CC5)ccc4[nH]3)ccc2[nH]1. The Morgan fingerprint density at radius 3 is 2.20 bits per heavy atom. The number of H-pyrrole nitrogens is 2. The van der Waals surface area contributed by atoms with Crippen molar-refractivity contribution in [2.75, 3.05) is 57.1 Å². The molecule has 2 aromatic heterocycles. The Labute approximate surface area is 205 Å². The number of aryl methyl sites for hydroxylation is 1. The van der Waals surface area contributed by atoms with Gasteiger partial charge in [-0.15, -0.1) is 0 Å². The van der Waals surface area contributed by atoms with Gasteiger partial charge in [0.25, 0.3) is 0 Å². The monoisotopic (exact) mass is 465 g/mol. The number of imidazole rings is 2. The van der Waals surface area contributed by atoms with Gasteiger partial charge in [0.15, 0.2) is 0 Å². The van der Waals surface area contributed by atoms with E-state index in [4.69, 9.17) is 9.97 Å². The zero-order chi connectivity index (χ0) is 24.1. The summed E-state index contributed by atoms with van der Waals surface area (Å²) in [5.74, 6) is 1.76. The van der Waals surface area contributed by atoms with Gasteiger partial charge in [-0.3, -0.25) is 0 Å². The second-order valence-corrected chi connectivity index (χ2v) is 9.79. The van der Waals surface area contributed by atoms with Gasteiger partial charge in [0, 0.05) is 62.8 Å². The van der Waals surface area contributed by atoms with Crippen LogP contribution in [0.5, 0.6) is 0 Å². The quantitative estimate of drug-likeness (QED) is 0.395. The third-order valence-electron chi connectivity index (χ3n) is 7.07. The van der Waals surface area contributed by atoms with E-state index in [0.717, 1.165) is 71.0 Å². The number of fused-ring (bicyclic) bond motifs is 2. The van der Waals surface area contributed by atoms with Gasteiger partial charge in [-0.25, -0.2) is 9.97 Å². The highest BCUT2D eigenvalue weighted by Gasteiger charge is 2.16. The van der Waals surface area contributed by atoms with Crippen LogP contribution in [0, 0.1) is 6.92 Å². The first kappa shape index (κ1) is 21.7. The molecule has 0 aliphatic carbocycles. The zero-order valence-electron chi connectivity index (χ0n) is 20.8. The fourth-order valence-electron chi connectivity index (χ4n) is 4.86. The Bertz CT molecular complexity index is 1520. The van der Waals surface area contributed by atoms with Crippen LogP contribution in [0.4, 0.5) is 11.4 Å². The Kier molecular flexibility index (Phi) is 5.22. The van der Waals surface area contributed by atoms with Crippen molar-refractivity contribution >= 4 is 33.4 Å². The number of rotatable bonds is 4. The van der Waals surface area contributed by atoms with Crippen molar-refractivity contribution < 1.29 is 0 Å². The fraction of sp³-hybridized carbons (Fsp3) is 0.286. The predicted molar refractivity (Wildman–Crippen MR) is 145 cm³/mol. The summed E-state index contributed by atoms with van der Waals surface area (Å²) in [4.78, 5) is 23.8. The molecule has 1 aliphatic heterocycles. The van der Waals surface area contributed by atoms with Crippen molar-refractivity contribution in [1.29, 1.82) is 0 Å². The minimum Gasteiger partial charge on any atom is -0.378 e. The molecule has 5 aromatic rings. The van der Waals surface area contributed by atoms with Gasteiger partial charge in [-0.1, -0.05) is 0 Å². The number of hydrogen-bond acceptors (Lipinski definition) is 5. The van der Waals surface area contributed by atoms with Crippen molar-refractivity contribution in [2.24, 2.45) is 0 Å². The summed E-state index contributed by atoms with van der Waals surface area (Å²) in [5, 5.41) is 0. The van der Waals surface area contributed by atoms with Crippen LogP contribution >= 0.6 is 0 Å². The molecule has 1 aliphatic rings. The minimum absolute atomic E-state index is 0.869. The third-order valence-corrected chi connectivity index (χ3v) is 7.07. The maximum atomic E-state index is 4.93. The van der Waals surface area contributed by atoms with Crippen LogP contribution in [-0.4, -0.2) is 72.2 Å². The number of aromatic nitrogens is 4. The van der Waals surface area contributed by atoms with Crippen molar-refractivity contribution in [3.63, 3.8) is 0 Å². The molecule has 3 aromatic carbocycles. The molecule has 2 N–H and O–H groups in total. The number of benzene rings is 3. The number of anilines is 2. The third kappa shape index (κ3) is 4.02. The molecule has 0 bridgehead atoms. The van der Waals surface area contributed by atoms with Gasteiger partial charge in [0.1, 0.15) is 11.6 Å². The molecular weight excluding hydrogens is 434 g/mol. The van der Waals surface area contributed by atoms with Crippen LogP contribution in [0.25, 0.3) is 44.8 Å². The predicted octanol–water partition coefficient (Wildman–Crippen LogP) is 4.90. The summed E-state index contributed by atoms with van der Waals surface area (Å²) in [5.41, 5.74) is 9.79. The Morgan fingerprint density at radius 2 is 1.46 bits per heavy atom. The van der Waals surface area contributed by atoms with E-state index in [9.17, 15) is 0 Å². The molecule has 1 saturated heterocycles. The molecule has 6 rings (SSSR count). The van der Waals surface area contributed by atoms with E-state index in [2.05, 4.69) is 107 Å². The largest absolute Gasteiger partial charge is 0.378 e. The fourth-order valence-corrected chi connectivity index (χ4v) is 4.86. The van der Waals surface area contributed by atoms with E-state index in [1.165, 1.54) is 16.9 Å². The minimum atomic E-state index is 0.869. The zero-order valence-corrected chi connectivity index (χ0v) is 20.8. The van der Waals surface area contributed by atoms with Crippen molar-refractivity contribution in [1.82, 2.24) is 24.8 Å². The van der Waals surface area contributed by atoms with Gasteiger partial charge in [0.2, 0.25) is 0 Å². The number of likely N-dealkylation sites (N-methyl/N-ethyl adjacent to an activating group) is 1. The summed E-state index contributed by atoms with van der Waals surface area (Å²) < 4.78 is 0. The van der Waals surface area contributed by atoms with Crippen LogP contribution in [0.1, 0.15) is 5.56 Å². The molecule has 3 heterocycles. The second kappa shape index (κ2) is 8.43. The number of aromatic amines is 2. The number of piperazine rings is 1. The smallest absolute Gasteiger partial charge is 0.138 e. The van der Waals surface area contributed by atoms with E-state index in [1.54, 1.807) is 0 Å².